The molecular weight excluding hydrogens is 367 g/mol. The molecule has 0 aliphatic carbocycles. The second-order valence-electron chi connectivity index (χ2n) is 6.38. The smallest absolute Gasteiger partial charge is 0.255 e. The number of halogens is 2. The number of nitrogens with zero attached hydrogens (tertiary/aromatic N) is 2. The van der Waals surface area contributed by atoms with Gasteiger partial charge in [0.15, 0.2) is 0 Å². The first-order chi connectivity index (χ1) is 13.0. The molecule has 1 amide bonds. The first-order valence-corrected chi connectivity index (χ1v) is 8.83. The maximum absolute atomic E-state index is 13.1. The van der Waals surface area contributed by atoms with E-state index in [0.29, 0.717) is 28.4 Å². The van der Waals surface area contributed by atoms with Crippen molar-refractivity contribution in [3.05, 3.63) is 76.7 Å². The molecule has 5 nitrogen and oxygen atoms in total. The predicted octanol–water partition coefficient (Wildman–Crippen LogP) is 3.90. The lowest BCUT2D eigenvalue weighted by Gasteiger charge is -2.26. The van der Waals surface area contributed by atoms with Crippen LogP contribution in [0.25, 0.3) is 11.3 Å². The molecule has 1 heterocycles. The lowest BCUT2D eigenvalue weighted by Crippen LogP contribution is -2.34. The van der Waals surface area contributed by atoms with Crippen LogP contribution >= 0.6 is 11.6 Å². The molecule has 3 aromatic rings. The first kappa shape index (κ1) is 19.1. The molecule has 0 spiro atoms. The third-order valence-electron chi connectivity index (χ3n) is 4.36. The molecule has 27 heavy (non-hydrogen) atoms. The Labute approximate surface area is 162 Å². The zero-order valence-corrected chi connectivity index (χ0v) is 15.8. The fourth-order valence-corrected chi connectivity index (χ4v) is 3.16. The molecule has 0 saturated carbocycles. The van der Waals surface area contributed by atoms with Gasteiger partial charge >= 0.3 is 0 Å². The monoisotopic (exact) mass is 386 g/mol. The van der Waals surface area contributed by atoms with Gasteiger partial charge in [-0.3, -0.25) is 9.89 Å². The normalized spacial score (nSPS) is 12.2. The van der Waals surface area contributed by atoms with E-state index in [1.54, 1.807) is 12.1 Å². The van der Waals surface area contributed by atoms with E-state index >= 15 is 0 Å². The quantitative estimate of drug-likeness (QED) is 0.675. The summed E-state index contributed by atoms with van der Waals surface area (Å²) in [4.78, 5) is 14.7. The van der Waals surface area contributed by atoms with Gasteiger partial charge in [-0.15, -0.1) is 0 Å². The Morgan fingerprint density at radius 2 is 1.93 bits per heavy atom. The van der Waals surface area contributed by atoms with E-state index in [2.05, 4.69) is 15.5 Å². The summed E-state index contributed by atoms with van der Waals surface area (Å²) < 4.78 is 13.1. The van der Waals surface area contributed by atoms with E-state index < -0.39 is 0 Å². The number of nitrogens with one attached hydrogen (secondary N) is 2. The SMILES string of the molecule is CN(C)[C@H](CNC(=O)c1cn[nH]c1-c1ccc(F)cc1)c1ccccc1Cl. The molecule has 140 valence electrons. The minimum Gasteiger partial charge on any atom is -0.350 e. The van der Waals surface area contributed by atoms with Crippen molar-refractivity contribution in [2.24, 2.45) is 0 Å². The van der Waals surface area contributed by atoms with Crippen LogP contribution in [0.5, 0.6) is 0 Å². The highest BCUT2D eigenvalue weighted by Gasteiger charge is 2.20. The molecule has 0 fully saturated rings. The van der Waals surface area contributed by atoms with Crippen LogP contribution in [0.1, 0.15) is 22.0 Å². The van der Waals surface area contributed by atoms with Crippen molar-refractivity contribution in [2.45, 2.75) is 6.04 Å². The molecule has 0 unspecified atom stereocenters. The first-order valence-electron chi connectivity index (χ1n) is 8.45. The van der Waals surface area contributed by atoms with Gasteiger partial charge in [-0.25, -0.2) is 4.39 Å². The molecule has 0 saturated heterocycles. The molecule has 1 atom stereocenters. The standard InChI is InChI=1S/C20H20ClFN4O/c1-26(2)18(15-5-3-4-6-17(15)21)12-23-20(27)16-11-24-25-19(16)13-7-9-14(22)10-8-13/h3-11,18H,12H2,1-2H3,(H,23,27)(H,24,25)/t18-/m1/s1. The molecule has 3 rings (SSSR count). The Bertz CT molecular complexity index is 924. The Kier molecular flexibility index (Phi) is 5.88. The van der Waals surface area contributed by atoms with Crippen LogP contribution in [0.3, 0.4) is 0 Å². The summed E-state index contributed by atoms with van der Waals surface area (Å²) in [5.41, 5.74) is 2.58. The molecule has 0 aliphatic heterocycles. The van der Waals surface area contributed by atoms with E-state index in [9.17, 15) is 9.18 Å². The fourth-order valence-electron chi connectivity index (χ4n) is 2.90. The number of aromatic nitrogens is 2. The number of hydrogen-bond acceptors (Lipinski definition) is 3. The van der Waals surface area contributed by atoms with Crippen molar-refractivity contribution in [2.75, 3.05) is 20.6 Å². The van der Waals surface area contributed by atoms with Crippen molar-refractivity contribution < 1.29 is 9.18 Å². The number of rotatable bonds is 6. The van der Waals surface area contributed by atoms with Crippen LogP contribution in [0.15, 0.2) is 54.7 Å². The van der Waals surface area contributed by atoms with Gasteiger partial charge in [-0.05, 0) is 50.0 Å². The summed E-state index contributed by atoms with van der Waals surface area (Å²) >= 11 is 6.31. The van der Waals surface area contributed by atoms with Crippen LogP contribution in [0.2, 0.25) is 5.02 Å². The lowest BCUT2D eigenvalue weighted by atomic mass is 10.0. The molecule has 7 heteroatoms. The third kappa shape index (κ3) is 4.35. The van der Waals surface area contributed by atoms with Crippen molar-refractivity contribution in [1.29, 1.82) is 0 Å². The van der Waals surface area contributed by atoms with Gasteiger partial charge < -0.3 is 10.2 Å². The van der Waals surface area contributed by atoms with E-state index in [1.165, 1.54) is 18.3 Å². The maximum atomic E-state index is 13.1. The number of hydrogen-bond donors (Lipinski definition) is 2. The number of carbonyl (C=O) groups is 1. The molecule has 0 radical (unpaired) electrons. The average Bonchev–Trinajstić information content (AvgIpc) is 3.13. The van der Waals surface area contributed by atoms with E-state index in [1.807, 2.05) is 43.3 Å². The highest BCUT2D eigenvalue weighted by Crippen LogP contribution is 2.26. The molecule has 1 aromatic heterocycles. The van der Waals surface area contributed by atoms with Crippen molar-refractivity contribution in [3.63, 3.8) is 0 Å². The Morgan fingerprint density at radius 1 is 1.22 bits per heavy atom. The average molecular weight is 387 g/mol. The van der Waals surface area contributed by atoms with Crippen LogP contribution in [-0.2, 0) is 0 Å². The molecule has 0 bridgehead atoms. The minimum absolute atomic E-state index is 0.0798. The number of H-pyrrole nitrogens is 1. The van der Waals surface area contributed by atoms with Gasteiger partial charge in [-0.2, -0.15) is 5.10 Å². The predicted molar refractivity (Wildman–Crippen MR) is 104 cm³/mol. The van der Waals surface area contributed by atoms with Gasteiger partial charge in [-0.1, -0.05) is 29.8 Å². The minimum atomic E-state index is -0.335. The van der Waals surface area contributed by atoms with Crippen LogP contribution in [0, 0.1) is 5.82 Å². The zero-order valence-electron chi connectivity index (χ0n) is 15.0. The van der Waals surface area contributed by atoms with Gasteiger partial charge in [0, 0.05) is 17.1 Å². The number of likely N-dealkylation sites (N-methyl/N-ethyl adjacent to an activating group) is 1. The van der Waals surface area contributed by atoms with Gasteiger partial charge in [0.2, 0.25) is 0 Å². The van der Waals surface area contributed by atoms with Crippen LogP contribution in [0.4, 0.5) is 4.39 Å². The number of aromatic amines is 1. The van der Waals surface area contributed by atoms with Crippen molar-refractivity contribution >= 4 is 17.5 Å². The Hall–Kier alpha value is -2.70. The Balaban J connectivity index is 1.77. The molecule has 0 aliphatic rings. The summed E-state index contributed by atoms with van der Waals surface area (Å²) in [5.74, 6) is -0.597. The summed E-state index contributed by atoms with van der Waals surface area (Å²) in [7, 11) is 3.86. The highest BCUT2D eigenvalue weighted by molar-refractivity contribution is 6.31. The summed E-state index contributed by atoms with van der Waals surface area (Å²) in [5, 5.41) is 10.4. The third-order valence-corrected chi connectivity index (χ3v) is 4.70. The van der Waals surface area contributed by atoms with Gasteiger partial charge in [0.05, 0.1) is 23.5 Å². The van der Waals surface area contributed by atoms with Crippen molar-refractivity contribution in [1.82, 2.24) is 20.4 Å². The zero-order chi connectivity index (χ0) is 19.4. The van der Waals surface area contributed by atoms with Gasteiger partial charge in [0.25, 0.3) is 5.91 Å². The van der Waals surface area contributed by atoms with E-state index in [4.69, 9.17) is 11.6 Å². The second-order valence-corrected chi connectivity index (χ2v) is 6.78. The largest absolute Gasteiger partial charge is 0.350 e. The lowest BCUT2D eigenvalue weighted by molar-refractivity contribution is 0.0942. The topological polar surface area (TPSA) is 61.0 Å². The summed E-state index contributed by atoms with van der Waals surface area (Å²) in [6.07, 6.45) is 1.47. The summed E-state index contributed by atoms with van der Waals surface area (Å²) in [6, 6.07) is 13.4. The summed E-state index contributed by atoms with van der Waals surface area (Å²) in [6.45, 7) is 0.379. The van der Waals surface area contributed by atoms with Crippen LogP contribution < -0.4 is 5.32 Å². The maximum Gasteiger partial charge on any atom is 0.255 e. The Morgan fingerprint density at radius 3 is 2.59 bits per heavy atom. The van der Waals surface area contributed by atoms with E-state index in [-0.39, 0.29) is 17.8 Å². The van der Waals surface area contributed by atoms with Crippen molar-refractivity contribution in [3.8, 4) is 11.3 Å². The van der Waals surface area contributed by atoms with Crippen LogP contribution in [-0.4, -0.2) is 41.6 Å². The fraction of sp³-hybridized carbons (Fsp3) is 0.200. The number of amides is 1. The van der Waals surface area contributed by atoms with Gasteiger partial charge in [0.1, 0.15) is 5.82 Å². The molecule has 2 N–H and O–H groups in total. The highest BCUT2D eigenvalue weighted by atomic mass is 35.5. The molecular formula is C20H20ClFN4O. The second kappa shape index (κ2) is 8.33. The number of carbonyl (C=O) groups excluding carboxylic acids is 1. The van der Waals surface area contributed by atoms with E-state index in [0.717, 1.165) is 5.56 Å². The molecule has 2 aromatic carbocycles. The number of benzene rings is 2.